The third-order valence-corrected chi connectivity index (χ3v) is 5.14. The van der Waals surface area contributed by atoms with E-state index in [9.17, 15) is 9.59 Å². The van der Waals surface area contributed by atoms with E-state index in [1.165, 1.54) is 5.56 Å². The zero-order valence-corrected chi connectivity index (χ0v) is 14.4. The van der Waals surface area contributed by atoms with Gasteiger partial charge in [0.05, 0.1) is 0 Å². The number of rotatable bonds is 3. The van der Waals surface area contributed by atoms with Gasteiger partial charge in [-0.2, -0.15) is 0 Å². The molecule has 2 heterocycles. The zero-order chi connectivity index (χ0) is 17.4. The molecule has 2 aliphatic rings. The Morgan fingerprint density at radius 3 is 2.80 bits per heavy atom. The summed E-state index contributed by atoms with van der Waals surface area (Å²) >= 11 is 0. The fourth-order valence-corrected chi connectivity index (χ4v) is 3.91. The number of hydrogen-bond acceptors (Lipinski definition) is 2. The van der Waals surface area contributed by atoms with Gasteiger partial charge in [-0.3, -0.25) is 9.59 Å². The first kappa shape index (κ1) is 15.9. The van der Waals surface area contributed by atoms with E-state index in [2.05, 4.69) is 13.0 Å². The molecule has 25 heavy (non-hydrogen) atoms. The van der Waals surface area contributed by atoms with E-state index in [0.717, 1.165) is 30.6 Å². The lowest BCUT2D eigenvalue weighted by atomic mass is 10.1. The van der Waals surface area contributed by atoms with Crippen molar-refractivity contribution in [1.29, 1.82) is 0 Å². The highest BCUT2D eigenvalue weighted by molar-refractivity contribution is 6.07. The van der Waals surface area contributed by atoms with E-state index >= 15 is 0 Å². The lowest BCUT2D eigenvalue weighted by Crippen LogP contribution is -2.35. The number of fused-ring (bicyclic) bond motifs is 1. The van der Waals surface area contributed by atoms with Crippen LogP contribution in [-0.2, 0) is 17.8 Å². The summed E-state index contributed by atoms with van der Waals surface area (Å²) in [6.07, 6.45) is 2.46. The molecule has 4 nitrogen and oxygen atoms in total. The van der Waals surface area contributed by atoms with E-state index in [0.29, 0.717) is 18.5 Å². The van der Waals surface area contributed by atoms with Crippen LogP contribution in [0.15, 0.2) is 48.5 Å². The molecule has 0 aliphatic carbocycles. The van der Waals surface area contributed by atoms with Gasteiger partial charge in [-0.05, 0) is 49.1 Å². The average Bonchev–Trinajstić information content (AvgIpc) is 3.17. The van der Waals surface area contributed by atoms with Gasteiger partial charge in [0.1, 0.15) is 0 Å². The molecule has 128 valence electrons. The van der Waals surface area contributed by atoms with Crippen LogP contribution in [0.25, 0.3) is 0 Å². The summed E-state index contributed by atoms with van der Waals surface area (Å²) in [6, 6.07) is 16.0. The zero-order valence-electron chi connectivity index (χ0n) is 14.4. The number of benzene rings is 2. The topological polar surface area (TPSA) is 40.6 Å². The molecule has 0 saturated carbocycles. The number of anilines is 1. The van der Waals surface area contributed by atoms with Crippen molar-refractivity contribution in [2.45, 2.75) is 38.8 Å². The number of amides is 2. The van der Waals surface area contributed by atoms with Gasteiger partial charge in [0.2, 0.25) is 5.91 Å². The molecule has 2 aliphatic heterocycles. The molecule has 1 saturated heterocycles. The van der Waals surface area contributed by atoms with Crippen molar-refractivity contribution in [1.82, 2.24) is 4.90 Å². The number of likely N-dealkylation sites (tertiary alicyclic amines) is 1. The molecule has 0 spiro atoms. The van der Waals surface area contributed by atoms with Crippen molar-refractivity contribution >= 4 is 17.5 Å². The first-order valence-electron chi connectivity index (χ1n) is 8.91. The highest BCUT2D eigenvalue weighted by atomic mass is 16.2. The summed E-state index contributed by atoms with van der Waals surface area (Å²) in [4.78, 5) is 28.7. The van der Waals surface area contributed by atoms with Crippen LogP contribution in [0, 0.1) is 0 Å². The van der Waals surface area contributed by atoms with Crippen LogP contribution in [-0.4, -0.2) is 29.3 Å². The molecular weight excluding hydrogens is 312 g/mol. The van der Waals surface area contributed by atoms with Gasteiger partial charge in [0.15, 0.2) is 0 Å². The Kier molecular flexibility index (Phi) is 4.04. The molecule has 0 bridgehead atoms. The molecule has 2 aromatic carbocycles. The van der Waals surface area contributed by atoms with E-state index in [1.54, 1.807) is 0 Å². The Labute approximate surface area is 148 Å². The minimum atomic E-state index is 0.0343. The normalized spacial score (nSPS) is 19.4. The molecule has 1 atom stereocenters. The van der Waals surface area contributed by atoms with Crippen molar-refractivity contribution in [3.05, 3.63) is 65.2 Å². The number of carbonyl (C=O) groups excluding carboxylic acids is 2. The monoisotopic (exact) mass is 334 g/mol. The Morgan fingerprint density at radius 2 is 2.00 bits per heavy atom. The highest BCUT2D eigenvalue weighted by Gasteiger charge is 2.31. The third-order valence-electron chi connectivity index (χ3n) is 5.14. The third kappa shape index (κ3) is 2.93. The van der Waals surface area contributed by atoms with E-state index in [-0.39, 0.29) is 17.9 Å². The smallest absolute Gasteiger partial charge is 0.258 e. The maximum Gasteiger partial charge on any atom is 0.258 e. The van der Waals surface area contributed by atoms with Crippen LogP contribution in [0.4, 0.5) is 5.69 Å². The highest BCUT2D eigenvalue weighted by Crippen LogP contribution is 2.33. The summed E-state index contributed by atoms with van der Waals surface area (Å²) in [6.45, 7) is 3.49. The minimum absolute atomic E-state index is 0.0343. The Hall–Kier alpha value is -2.62. The van der Waals surface area contributed by atoms with Crippen LogP contribution in [0.1, 0.15) is 41.3 Å². The molecule has 2 amide bonds. The van der Waals surface area contributed by atoms with E-state index in [4.69, 9.17) is 0 Å². The van der Waals surface area contributed by atoms with Gasteiger partial charge >= 0.3 is 0 Å². The van der Waals surface area contributed by atoms with Crippen molar-refractivity contribution < 1.29 is 9.59 Å². The lowest BCUT2D eigenvalue weighted by Gasteiger charge is -2.23. The van der Waals surface area contributed by atoms with Gasteiger partial charge in [0, 0.05) is 36.8 Å². The lowest BCUT2D eigenvalue weighted by molar-refractivity contribution is -0.128. The van der Waals surface area contributed by atoms with Gasteiger partial charge in [-0.1, -0.05) is 30.3 Å². The van der Waals surface area contributed by atoms with E-state index in [1.807, 2.05) is 52.3 Å². The largest absolute Gasteiger partial charge is 0.338 e. The van der Waals surface area contributed by atoms with Gasteiger partial charge in [0.25, 0.3) is 5.91 Å². The summed E-state index contributed by atoms with van der Waals surface area (Å²) in [5.41, 5.74) is 3.94. The molecule has 2 aromatic rings. The molecule has 0 radical (unpaired) electrons. The number of carbonyl (C=O) groups is 2. The maximum atomic E-state index is 13.1. The molecule has 1 fully saturated rings. The van der Waals surface area contributed by atoms with Crippen LogP contribution < -0.4 is 4.90 Å². The quantitative estimate of drug-likeness (QED) is 0.863. The number of para-hydroxylation sites is 1. The summed E-state index contributed by atoms with van der Waals surface area (Å²) in [7, 11) is 0. The maximum absolute atomic E-state index is 13.1. The van der Waals surface area contributed by atoms with Crippen molar-refractivity contribution in [3.63, 3.8) is 0 Å². The minimum Gasteiger partial charge on any atom is -0.338 e. The summed E-state index contributed by atoms with van der Waals surface area (Å²) < 4.78 is 0. The summed E-state index contributed by atoms with van der Waals surface area (Å²) in [5.74, 6) is 0.242. The van der Waals surface area contributed by atoms with Crippen LogP contribution >= 0.6 is 0 Å². The average molecular weight is 334 g/mol. The second kappa shape index (κ2) is 6.36. The molecule has 4 rings (SSSR count). The predicted octanol–water partition coefficient (Wildman–Crippen LogP) is 3.40. The number of hydrogen-bond donors (Lipinski definition) is 0. The first-order chi connectivity index (χ1) is 12.1. The number of nitrogens with zero attached hydrogens (tertiary/aromatic N) is 2. The fraction of sp³-hybridized carbons (Fsp3) is 0.333. The van der Waals surface area contributed by atoms with Crippen molar-refractivity contribution in [2.24, 2.45) is 0 Å². The second-order valence-electron chi connectivity index (χ2n) is 6.98. The van der Waals surface area contributed by atoms with Crippen molar-refractivity contribution in [3.8, 4) is 0 Å². The van der Waals surface area contributed by atoms with Crippen LogP contribution in [0.2, 0.25) is 0 Å². The standard InChI is InChI=1S/C21H22N2O2/c1-15-12-17-7-2-3-9-19(17)23(15)21(25)18-8-4-6-16(13-18)14-22-11-5-10-20(22)24/h2-4,6-9,13,15H,5,10-12,14H2,1H3. The Balaban J connectivity index is 1.58. The molecule has 0 aromatic heterocycles. The molecule has 0 N–H and O–H groups in total. The molecule has 1 unspecified atom stereocenters. The van der Waals surface area contributed by atoms with Gasteiger partial charge < -0.3 is 9.80 Å². The van der Waals surface area contributed by atoms with Crippen LogP contribution in [0.5, 0.6) is 0 Å². The fourth-order valence-electron chi connectivity index (χ4n) is 3.91. The van der Waals surface area contributed by atoms with Crippen molar-refractivity contribution in [2.75, 3.05) is 11.4 Å². The summed E-state index contributed by atoms with van der Waals surface area (Å²) in [5, 5.41) is 0. The van der Waals surface area contributed by atoms with Gasteiger partial charge in [-0.15, -0.1) is 0 Å². The van der Waals surface area contributed by atoms with E-state index < -0.39 is 0 Å². The van der Waals surface area contributed by atoms with Gasteiger partial charge in [-0.25, -0.2) is 0 Å². The molecule has 4 heteroatoms. The Morgan fingerprint density at radius 1 is 1.16 bits per heavy atom. The first-order valence-corrected chi connectivity index (χ1v) is 8.91. The Bertz CT molecular complexity index is 830. The predicted molar refractivity (Wildman–Crippen MR) is 97.5 cm³/mol. The molecular formula is C21H22N2O2. The SMILES string of the molecule is CC1Cc2ccccc2N1C(=O)c1cccc(CN2CCCC2=O)c1. The second-order valence-corrected chi connectivity index (χ2v) is 6.98. The van der Waals surface area contributed by atoms with Crippen LogP contribution in [0.3, 0.4) is 0 Å².